The summed E-state index contributed by atoms with van der Waals surface area (Å²) in [6.07, 6.45) is -4.56. The van der Waals surface area contributed by atoms with E-state index in [0.29, 0.717) is 0 Å². The Morgan fingerprint density at radius 3 is 2.44 bits per heavy atom. The van der Waals surface area contributed by atoms with Gasteiger partial charge in [0.2, 0.25) is 0 Å². The summed E-state index contributed by atoms with van der Waals surface area (Å²) in [5, 5.41) is 2.23. The van der Waals surface area contributed by atoms with Crippen LogP contribution in [0.4, 0.5) is 18.9 Å². The first kappa shape index (κ1) is 12.3. The molecule has 4 nitrogen and oxygen atoms in total. The SMILES string of the molecule is CNC(=O)c1cccc(C(F)(F)F)c1NN. The van der Waals surface area contributed by atoms with E-state index in [9.17, 15) is 18.0 Å². The van der Waals surface area contributed by atoms with Gasteiger partial charge in [-0.05, 0) is 12.1 Å². The minimum absolute atomic E-state index is 0.153. The molecule has 0 saturated heterocycles. The molecule has 0 radical (unpaired) electrons. The number of carbonyl (C=O) groups excluding carboxylic acids is 1. The molecule has 0 aliphatic rings. The molecule has 1 aromatic carbocycles. The van der Waals surface area contributed by atoms with E-state index < -0.39 is 23.3 Å². The molecule has 16 heavy (non-hydrogen) atoms. The zero-order valence-corrected chi connectivity index (χ0v) is 8.35. The van der Waals surface area contributed by atoms with Crippen LogP contribution in [0.3, 0.4) is 0 Å². The Bertz CT molecular complexity index is 403. The van der Waals surface area contributed by atoms with Crippen molar-refractivity contribution in [3.8, 4) is 0 Å². The fourth-order valence-corrected chi connectivity index (χ4v) is 1.27. The van der Waals surface area contributed by atoms with E-state index in [0.717, 1.165) is 12.1 Å². The van der Waals surface area contributed by atoms with Crippen LogP contribution in [-0.4, -0.2) is 13.0 Å². The molecule has 7 heteroatoms. The van der Waals surface area contributed by atoms with Gasteiger partial charge in [0.05, 0.1) is 16.8 Å². The second-order valence-corrected chi connectivity index (χ2v) is 2.95. The summed E-state index contributed by atoms with van der Waals surface area (Å²) in [7, 11) is 1.32. The third-order valence-corrected chi connectivity index (χ3v) is 1.99. The van der Waals surface area contributed by atoms with E-state index in [2.05, 4.69) is 5.32 Å². The van der Waals surface area contributed by atoms with Gasteiger partial charge in [-0.3, -0.25) is 10.6 Å². The number of nitrogen functional groups attached to an aromatic ring is 1. The molecule has 1 aromatic rings. The first-order chi connectivity index (χ1) is 7.41. The number of hydrazine groups is 1. The molecular formula is C9H10F3N3O. The largest absolute Gasteiger partial charge is 0.418 e. The lowest BCUT2D eigenvalue weighted by molar-refractivity contribution is -0.137. The van der Waals surface area contributed by atoms with Gasteiger partial charge in [0, 0.05) is 7.05 Å². The fraction of sp³-hybridized carbons (Fsp3) is 0.222. The normalized spacial score (nSPS) is 11.1. The number of carbonyl (C=O) groups is 1. The zero-order chi connectivity index (χ0) is 12.3. The minimum atomic E-state index is -4.56. The summed E-state index contributed by atoms with van der Waals surface area (Å²) in [4.78, 5) is 11.3. The van der Waals surface area contributed by atoms with Gasteiger partial charge in [0.1, 0.15) is 0 Å². The highest BCUT2D eigenvalue weighted by atomic mass is 19.4. The summed E-state index contributed by atoms with van der Waals surface area (Å²) in [5.74, 6) is 4.37. The number of nitrogens with two attached hydrogens (primary N) is 1. The summed E-state index contributed by atoms with van der Waals surface area (Å²) < 4.78 is 37.7. The molecule has 88 valence electrons. The Kier molecular flexibility index (Phi) is 3.38. The smallest absolute Gasteiger partial charge is 0.355 e. The van der Waals surface area contributed by atoms with Crippen molar-refractivity contribution >= 4 is 11.6 Å². The number of rotatable bonds is 2. The van der Waals surface area contributed by atoms with Crippen LogP contribution >= 0.6 is 0 Å². The molecule has 0 aromatic heterocycles. The third-order valence-electron chi connectivity index (χ3n) is 1.99. The van der Waals surface area contributed by atoms with Crippen LogP contribution in [0.25, 0.3) is 0 Å². The van der Waals surface area contributed by atoms with Crippen molar-refractivity contribution in [2.45, 2.75) is 6.18 Å². The van der Waals surface area contributed by atoms with Crippen molar-refractivity contribution in [3.63, 3.8) is 0 Å². The van der Waals surface area contributed by atoms with Crippen LogP contribution in [0, 0.1) is 0 Å². The van der Waals surface area contributed by atoms with E-state index in [1.807, 2.05) is 5.43 Å². The lowest BCUT2D eigenvalue weighted by Crippen LogP contribution is -2.23. The predicted octanol–water partition coefficient (Wildman–Crippen LogP) is 1.35. The Hall–Kier alpha value is -1.76. The van der Waals surface area contributed by atoms with Crippen molar-refractivity contribution in [2.24, 2.45) is 5.84 Å². The maximum Gasteiger partial charge on any atom is 0.418 e. The molecule has 0 spiro atoms. The molecule has 0 heterocycles. The van der Waals surface area contributed by atoms with Gasteiger partial charge in [-0.25, -0.2) is 0 Å². The Morgan fingerprint density at radius 1 is 1.38 bits per heavy atom. The molecule has 0 bridgehead atoms. The number of hydrogen-bond acceptors (Lipinski definition) is 3. The fourth-order valence-electron chi connectivity index (χ4n) is 1.27. The number of nitrogens with one attached hydrogen (secondary N) is 2. The third kappa shape index (κ3) is 2.25. The maximum absolute atomic E-state index is 12.6. The number of hydrogen-bond donors (Lipinski definition) is 3. The number of para-hydroxylation sites is 1. The van der Waals surface area contributed by atoms with E-state index in [-0.39, 0.29) is 5.56 Å². The first-order valence-electron chi connectivity index (χ1n) is 4.30. The molecule has 0 unspecified atom stereocenters. The summed E-state index contributed by atoms with van der Waals surface area (Å²) in [5.41, 5.74) is 0.341. The Labute approximate surface area is 89.6 Å². The Balaban J connectivity index is 3.38. The molecular weight excluding hydrogens is 223 g/mol. The lowest BCUT2D eigenvalue weighted by Gasteiger charge is -2.15. The van der Waals surface area contributed by atoms with Gasteiger partial charge in [-0.15, -0.1) is 0 Å². The lowest BCUT2D eigenvalue weighted by atomic mass is 10.1. The van der Waals surface area contributed by atoms with Gasteiger partial charge >= 0.3 is 6.18 Å². The summed E-state index contributed by atoms with van der Waals surface area (Å²) >= 11 is 0. The van der Waals surface area contributed by atoms with Crippen molar-refractivity contribution in [1.29, 1.82) is 0 Å². The molecule has 0 saturated carbocycles. The van der Waals surface area contributed by atoms with Crippen LogP contribution in [0.2, 0.25) is 0 Å². The van der Waals surface area contributed by atoms with Gasteiger partial charge in [0.15, 0.2) is 0 Å². The molecule has 0 atom stereocenters. The monoisotopic (exact) mass is 233 g/mol. The van der Waals surface area contributed by atoms with Crippen LogP contribution in [0.15, 0.2) is 18.2 Å². The molecule has 4 N–H and O–H groups in total. The van der Waals surface area contributed by atoms with Gasteiger partial charge in [-0.2, -0.15) is 13.2 Å². The highest BCUT2D eigenvalue weighted by molar-refractivity contribution is 6.00. The molecule has 1 amide bonds. The van der Waals surface area contributed by atoms with Crippen molar-refractivity contribution in [1.82, 2.24) is 5.32 Å². The standard InChI is InChI=1S/C9H10F3N3O/c1-14-8(16)5-3-2-4-6(7(5)15-13)9(10,11)12/h2-4,15H,13H2,1H3,(H,14,16). The first-order valence-corrected chi connectivity index (χ1v) is 4.30. The van der Waals surface area contributed by atoms with Crippen LogP contribution in [-0.2, 0) is 6.18 Å². The van der Waals surface area contributed by atoms with E-state index >= 15 is 0 Å². The average Bonchev–Trinajstić information content (AvgIpc) is 2.25. The van der Waals surface area contributed by atoms with E-state index in [1.165, 1.54) is 13.1 Å². The molecule has 0 aliphatic carbocycles. The number of benzene rings is 1. The quantitative estimate of drug-likeness (QED) is 0.533. The van der Waals surface area contributed by atoms with Crippen molar-refractivity contribution in [3.05, 3.63) is 29.3 Å². The average molecular weight is 233 g/mol. The van der Waals surface area contributed by atoms with E-state index in [1.54, 1.807) is 0 Å². The van der Waals surface area contributed by atoms with Gasteiger partial charge in [-0.1, -0.05) is 6.07 Å². The predicted molar refractivity (Wildman–Crippen MR) is 52.6 cm³/mol. The zero-order valence-electron chi connectivity index (χ0n) is 8.35. The number of anilines is 1. The highest BCUT2D eigenvalue weighted by Crippen LogP contribution is 2.36. The van der Waals surface area contributed by atoms with Crippen LogP contribution in [0.1, 0.15) is 15.9 Å². The minimum Gasteiger partial charge on any atom is -0.355 e. The topological polar surface area (TPSA) is 67.2 Å². The Morgan fingerprint density at radius 2 is 2.00 bits per heavy atom. The number of amides is 1. The molecule has 0 fully saturated rings. The molecule has 1 rings (SSSR count). The maximum atomic E-state index is 12.6. The van der Waals surface area contributed by atoms with Gasteiger partial charge < -0.3 is 10.7 Å². The summed E-state index contributed by atoms with van der Waals surface area (Å²) in [6, 6.07) is 3.25. The molecule has 0 aliphatic heterocycles. The second kappa shape index (κ2) is 4.40. The highest BCUT2D eigenvalue weighted by Gasteiger charge is 2.34. The summed E-state index contributed by atoms with van der Waals surface area (Å²) in [6.45, 7) is 0. The number of alkyl halides is 3. The van der Waals surface area contributed by atoms with Crippen molar-refractivity contribution < 1.29 is 18.0 Å². The van der Waals surface area contributed by atoms with Crippen LogP contribution < -0.4 is 16.6 Å². The van der Waals surface area contributed by atoms with Gasteiger partial charge in [0.25, 0.3) is 5.91 Å². The number of halogens is 3. The van der Waals surface area contributed by atoms with Crippen molar-refractivity contribution in [2.75, 3.05) is 12.5 Å². The van der Waals surface area contributed by atoms with E-state index in [4.69, 9.17) is 5.84 Å². The second-order valence-electron chi connectivity index (χ2n) is 2.95. The van der Waals surface area contributed by atoms with Crippen LogP contribution in [0.5, 0.6) is 0 Å².